The van der Waals surface area contributed by atoms with Gasteiger partial charge in [0.25, 0.3) is 0 Å². The number of aliphatic hydroxyl groups excluding tert-OH is 7. The number of rotatable bonds is 41. The van der Waals surface area contributed by atoms with Gasteiger partial charge in [0.1, 0.15) is 55.4 Å². The smallest absolute Gasteiger partial charge is 0.306 e. The van der Waals surface area contributed by atoms with Gasteiger partial charge in [-0.3, -0.25) is 9.59 Å². The minimum atomic E-state index is -1.76. The molecule has 0 aromatic carbocycles. The minimum Gasteiger partial charge on any atom is -0.462 e. The zero-order valence-corrected chi connectivity index (χ0v) is 40.9. The van der Waals surface area contributed by atoms with Crippen molar-refractivity contribution in [3.05, 3.63) is 12.2 Å². The van der Waals surface area contributed by atoms with E-state index in [4.69, 9.17) is 28.4 Å². The Bertz CT molecular complexity index is 1210. The van der Waals surface area contributed by atoms with E-state index in [0.29, 0.717) is 12.8 Å². The van der Waals surface area contributed by atoms with Gasteiger partial charge in [-0.05, 0) is 38.5 Å². The number of carbonyl (C=O) groups excluding carboxylic acids is 2. The van der Waals surface area contributed by atoms with Crippen LogP contribution in [0.2, 0.25) is 0 Å². The quantitative estimate of drug-likeness (QED) is 0.0180. The summed E-state index contributed by atoms with van der Waals surface area (Å²) < 4.78 is 33.6. The Hall–Kier alpha value is -1.76. The first-order chi connectivity index (χ1) is 32.0. The highest BCUT2D eigenvalue weighted by Gasteiger charge is 2.47. The van der Waals surface area contributed by atoms with E-state index in [1.165, 1.54) is 128 Å². The second-order valence-corrected chi connectivity index (χ2v) is 18.7. The summed E-state index contributed by atoms with van der Waals surface area (Å²) in [7, 11) is 0. The number of esters is 2. The maximum atomic E-state index is 13.0. The van der Waals surface area contributed by atoms with Gasteiger partial charge in [-0.1, -0.05) is 167 Å². The third kappa shape index (κ3) is 26.8. The Labute approximate surface area is 397 Å². The molecule has 0 aliphatic carbocycles. The second-order valence-electron chi connectivity index (χ2n) is 18.7. The minimum absolute atomic E-state index is 0.139. The summed E-state index contributed by atoms with van der Waals surface area (Å²) >= 11 is 0. The van der Waals surface area contributed by atoms with Crippen LogP contribution in [0, 0.1) is 0 Å². The van der Waals surface area contributed by atoms with E-state index >= 15 is 0 Å². The second kappa shape index (κ2) is 39.0. The Morgan fingerprint density at radius 1 is 0.470 bits per heavy atom. The van der Waals surface area contributed by atoms with Gasteiger partial charge in [-0.2, -0.15) is 0 Å². The maximum absolute atomic E-state index is 13.0. The summed E-state index contributed by atoms with van der Waals surface area (Å²) in [6.07, 6.45) is 21.0. The highest BCUT2D eigenvalue weighted by Crippen LogP contribution is 2.26. The molecule has 0 radical (unpaired) electrons. The Morgan fingerprint density at radius 3 is 1.36 bits per heavy atom. The van der Waals surface area contributed by atoms with Crippen LogP contribution in [-0.2, 0) is 38.0 Å². The predicted octanol–water partition coefficient (Wildman–Crippen LogP) is 7.38. The molecule has 2 aliphatic rings. The molecule has 0 aromatic rings. The van der Waals surface area contributed by atoms with Crippen LogP contribution in [0.4, 0.5) is 0 Å². The van der Waals surface area contributed by atoms with Gasteiger partial charge in [-0.25, -0.2) is 0 Å². The van der Waals surface area contributed by atoms with Crippen molar-refractivity contribution in [1.29, 1.82) is 0 Å². The van der Waals surface area contributed by atoms with Crippen molar-refractivity contribution >= 4 is 11.9 Å². The fourth-order valence-corrected chi connectivity index (χ4v) is 8.39. The van der Waals surface area contributed by atoms with E-state index in [-0.39, 0.29) is 26.1 Å². The van der Waals surface area contributed by atoms with E-state index in [0.717, 1.165) is 38.5 Å². The van der Waals surface area contributed by atoms with Crippen molar-refractivity contribution in [1.82, 2.24) is 0 Å². The number of ether oxygens (including phenoxy) is 6. The number of hydrogen-bond donors (Lipinski definition) is 7. The van der Waals surface area contributed by atoms with Crippen molar-refractivity contribution < 1.29 is 73.8 Å². The van der Waals surface area contributed by atoms with Crippen molar-refractivity contribution in [2.75, 3.05) is 26.4 Å². The van der Waals surface area contributed by atoms with Crippen LogP contribution < -0.4 is 0 Å². The summed E-state index contributed by atoms with van der Waals surface area (Å²) in [6, 6.07) is 0. The van der Waals surface area contributed by atoms with E-state index in [9.17, 15) is 45.3 Å². The van der Waals surface area contributed by atoms with Gasteiger partial charge in [-0.15, -0.1) is 0 Å². The molecular weight excluding hydrogens is 853 g/mol. The topological polar surface area (TPSA) is 231 Å². The van der Waals surface area contributed by atoms with E-state index < -0.39 is 92.7 Å². The molecule has 7 N–H and O–H groups in total. The molecule has 0 aromatic heterocycles. The lowest BCUT2D eigenvalue weighted by Gasteiger charge is -2.42. The van der Waals surface area contributed by atoms with E-state index in [1.54, 1.807) is 0 Å². The Kier molecular flexibility index (Phi) is 35.7. The third-order valence-electron chi connectivity index (χ3n) is 12.7. The molecule has 0 spiro atoms. The highest BCUT2D eigenvalue weighted by atomic mass is 16.7. The summed E-state index contributed by atoms with van der Waals surface area (Å²) in [6.45, 7) is 2.59. The fraction of sp³-hybridized carbons (Fsp3) is 0.922. The molecule has 15 nitrogen and oxygen atoms in total. The number of carbonyl (C=O) groups is 2. The maximum Gasteiger partial charge on any atom is 0.306 e. The molecular formula is C51H94O15. The lowest BCUT2D eigenvalue weighted by Crippen LogP contribution is -2.61. The average molecular weight is 947 g/mol. The Balaban J connectivity index is 1.81. The molecule has 2 rings (SSSR count). The first kappa shape index (κ1) is 60.4. The zero-order valence-electron chi connectivity index (χ0n) is 40.9. The lowest BCUT2D eigenvalue weighted by atomic mass is 9.98. The summed E-state index contributed by atoms with van der Waals surface area (Å²) in [4.78, 5) is 25.7. The van der Waals surface area contributed by atoms with Crippen molar-refractivity contribution in [3.63, 3.8) is 0 Å². The van der Waals surface area contributed by atoms with Gasteiger partial charge in [0, 0.05) is 12.8 Å². The number of hydrogen-bond acceptors (Lipinski definition) is 15. The molecule has 0 saturated carbocycles. The van der Waals surface area contributed by atoms with Crippen molar-refractivity contribution in [2.24, 2.45) is 0 Å². The molecule has 15 heteroatoms. The molecule has 388 valence electrons. The van der Waals surface area contributed by atoms with Gasteiger partial charge in [0.2, 0.25) is 0 Å². The normalized spacial score (nSPS) is 26.2. The summed E-state index contributed by atoms with van der Waals surface area (Å²) in [5.74, 6) is -0.940. The van der Waals surface area contributed by atoms with Crippen LogP contribution in [0.5, 0.6) is 0 Å². The predicted molar refractivity (Wildman–Crippen MR) is 252 cm³/mol. The molecule has 2 saturated heterocycles. The molecule has 2 fully saturated rings. The SMILES string of the molecule is CCCCCCCCCCC/C=C/CCCCC(=O)O[C@H](COC(=O)CCCCCCCCCCCCCCCCC)CO[C@@H]1O[C@H](CO[C@@H]2O[C@H](CO)[C@H](O)C(O)C2O)[C@H](O)C(O)C1O. The fourth-order valence-electron chi connectivity index (χ4n) is 8.39. The van der Waals surface area contributed by atoms with Gasteiger partial charge in [0.15, 0.2) is 18.7 Å². The molecule has 0 amide bonds. The number of unbranched alkanes of at least 4 members (excludes halogenated alkanes) is 25. The number of aliphatic hydroxyl groups is 7. The van der Waals surface area contributed by atoms with Gasteiger partial charge < -0.3 is 64.2 Å². The van der Waals surface area contributed by atoms with Crippen molar-refractivity contribution in [3.8, 4) is 0 Å². The van der Waals surface area contributed by atoms with Crippen LogP contribution in [0.15, 0.2) is 12.2 Å². The monoisotopic (exact) mass is 947 g/mol. The zero-order chi connectivity index (χ0) is 48.2. The average Bonchev–Trinajstić information content (AvgIpc) is 3.31. The Morgan fingerprint density at radius 2 is 0.864 bits per heavy atom. The largest absolute Gasteiger partial charge is 0.462 e. The summed E-state index contributed by atoms with van der Waals surface area (Å²) in [5, 5.41) is 72.1. The van der Waals surface area contributed by atoms with Crippen LogP contribution >= 0.6 is 0 Å². The van der Waals surface area contributed by atoms with E-state index in [1.807, 2.05) is 0 Å². The molecule has 4 unspecified atom stereocenters. The number of allylic oxidation sites excluding steroid dienone is 2. The van der Waals surface area contributed by atoms with E-state index in [2.05, 4.69) is 26.0 Å². The third-order valence-corrected chi connectivity index (χ3v) is 12.7. The first-order valence-corrected chi connectivity index (χ1v) is 26.3. The highest BCUT2D eigenvalue weighted by molar-refractivity contribution is 5.70. The molecule has 66 heavy (non-hydrogen) atoms. The molecule has 2 heterocycles. The van der Waals surface area contributed by atoms with Gasteiger partial charge in [0.05, 0.1) is 19.8 Å². The summed E-state index contributed by atoms with van der Waals surface area (Å²) in [5.41, 5.74) is 0. The van der Waals surface area contributed by atoms with Crippen molar-refractivity contribution in [2.45, 2.75) is 274 Å². The van der Waals surface area contributed by atoms with Crippen LogP contribution in [0.3, 0.4) is 0 Å². The van der Waals surface area contributed by atoms with Crippen LogP contribution in [-0.4, -0.2) is 142 Å². The molecule has 11 atom stereocenters. The molecule has 2 aliphatic heterocycles. The standard InChI is InChI=1S/C51H94O15/c1-3-5-7-9-11-13-15-17-19-21-23-25-27-29-31-33-42(53)61-36-39(64-43(54)34-32-30-28-26-24-22-20-18-16-14-12-10-8-6-4-2)37-62-50-49(60)47(58)45(56)41(66-50)38-63-51-48(59)46(57)44(55)40(35-52)65-51/h24,26,39-41,44-52,55-60H,3-23,25,27-38H2,1-2H3/b26-24+/t39-,40-,41-,44+,45+,46?,47?,48?,49?,50-,51-/m1/s1. The first-order valence-electron chi connectivity index (χ1n) is 26.3. The lowest BCUT2D eigenvalue weighted by molar-refractivity contribution is -0.332. The van der Waals surface area contributed by atoms with Crippen LogP contribution in [0.25, 0.3) is 0 Å². The molecule has 0 bridgehead atoms. The van der Waals surface area contributed by atoms with Crippen LogP contribution in [0.1, 0.15) is 206 Å². The van der Waals surface area contributed by atoms with Gasteiger partial charge >= 0.3 is 11.9 Å².